The number of hydrogen-bond acceptors (Lipinski definition) is 5. The molecule has 2 aliphatic rings. The maximum atomic E-state index is 12.9. The van der Waals surface area contributed by atoms with Gasteiger partial charge >= 0.3 is 0 Å². The first-order valence-electron chi connectivity index (χ1n) is 13.5. The molecule has 6 rings (SSSR count). The van der Waals surface area contributed by atoms with Gasteiger partial charge in [0.1, 0.15) is 5.82 Å². The number of para-hydroxylation sites is 2. The standard InChI is InChI=1S/C21H23ClFNO2.C12H9NS/c22-18-7-5-17(6-8-18)21(26)11-14-24(15-12-21)13-1-2-20(25)16-3-9-19(23)10-4-16;1-3-7-11-9(5-1)13-10-6-2-4-8-12(10)14-11/h3-10,26H,1-2,11-15H2;1-8,13H. The number of carbonyl (C=O) groups is 1. The zero-order valence-corrected chi connectivity index (χ0v) is 23.7. The van der Waals surface area contributed by atoms with Crippen LogP contribution in [-0.2, 0) is 5.60 Å². The number of aliphatic hydroxyl groups is 1. The highest BCUT2D eigenvalue weighted by molar-refractivity contribution is 7.99. The normalized spacial score (nSPS) is 15.6. The zero-order valence-electron chi connectivity index (χ0n) is 22.2. The molecule has 0 spiro atoms. The molecule has 2 heterocycles. The van der Waals surface area contributed by atoms with Crippen molar-refractivity contribution in [2.75, 3.05) is 25.0 Å². The number of carbonyl (C=O) groups excluding carboxylic acids is 1. The Morgan fingerprint density at radius 2 is 1.45 bits per heavy atom. The fraction of sp³-hybridized carbons (Fsp3) is 0.242. The maximum absolute atomic E-state index is 12.9. The van der Waals surface area contributed by atoms with Crippen LogP contribution < -0.4 is 5.32 Å². The number of nitrogens with one attached hydrogen (secondary N) is 1. The summed E-state index contributed by atoms with van der Waals surface area (Å²) >= 11 is 7.74. The van der Waals surface area contributed by atoms with Gasteiger partial charge in [-0.3, -0.25) is 4.79 Å². The lowest BCUT2D eigenvalue weighted by Crippen LogP contribution is -2.42. The molecule has 1 fully saturated rings. The molecule has 4 nitrogen and oxygen atoms in total. The van der Waals surface area contributed by atoms with Crippen molar-refractivity contribution in [1.29, 1.82) is 0 Å². The monoisotopic (exact) mass is 574 g/mol. The van der Waals surface area contributed by atoms with Gasteiger partial charge in [0, 0.05) is 39.9 Å². The smallest absolute Gasteiger partial charge is 0.162 e. The number of benzene rings is 4. The fourth-order valence-corrected chi connectivity index (χ4v) is 6.13. The van der Waals surface area contributed by atoms with Crippen LogP contribution in [0.15, 0.2) is 107 Å². The molecular weight excluding hydrogens is 543 g/mol. The van der Waals surface area contributed by atoms with Crippen molar-refractivity contribution in [3.05, 3.63) is 119 Å². The summed E-state index contributed by atoms with van der Waals surface area (Å²) in [5.74, 6) is -0.289. The Morgan fingerprint density at radius 3 is 2.05 bits per heavy atom. The molecule has 0 bridgehead atoms. The van der Waals surface area contributed by atoms with E-state index in [1.807, 2.05) is 36.0 Å². The van der Waals surface area contributed by atoms with Crippen LogP contribution in [-0.4, -0.2) is 35.4 Å². The molecule has 0 radical (unpaired) electrons. The summed E-state index contributed by atoms with van der Waals surface area (Å²) in [4.78, 5) is 17.0. The number of hydrogen-bond donors (Lipinski definition) is 2. The minimum Gasteiger partial charge on any atom is -0.385 e. The number of Topliss-reactive ketones (excluding diaryl/α,β-unsaturated/α-hetero) is 1. The predicted octanol–water partition coefficient (Wildman–Crippen LogP) is 8.32. The summed E-state index contributed by atoms with van der Waals surface area (Å²) in [6.45, 7) is 2.41. The highest BCUT2D eigenvalue weighted by Gasteiger charge is 2.33. The topological polar surface area (TPSA) is 52.6 Å². The molecule has 0 unspecified atom stereocenters. The second-order valence-corrected chi connectivity index (χ2v) is 11.7. The Kier molecular flexibility index (Phi) is 9.22. The molecular formula is C33H32ClFN2O2S. The van der Waals surface area contributed by atoms with Gasteiger partial charge in [-0.25, -0.2) is 4.39 Å². The number of nitrogens with zero attached hydrogens (tertiary/aromatic N) is 1. The van der Waals surface area contributed by atoms with E-state index in [0.717, 1.165) is 31.6 Å². The van der Waals surface area contributed by atoms with E-state index in [0.29, 0.717) is 29.8 Å². The number of ketones is 1. The first-order chi connectivity index (χ1) is 19.4. The molecule has 0 amide bonds. The van der Waals surface area contributed by atoms with E-state index in [9.17, 15) is 14.3 Å². The van der Waals surface area contributed by atoms with E-state index < -0.39 is 5.60 Å². The Balaban J connectivity index is 0.000000192. The largest absolute Gasteiger partial charge is 0.385 e. The van der Waals surface area contributed by atoms with Gasteiger partial charge < -0.3 is 15.3 Å². The van der Waals surface area contributed by atoms with Crippen LogP contribution in [0.25, 0.3) is 0 Å². The predicted molar refractivity (Wildman–Crippen MR) is 161 cm³/mol. The summed E-state index contributed by atoms with van der Waals surface area (Å²) in [5, 5.41) is 15.0. The second-order valence-electron chi connectivity index (χ2n) is 10.1. The molecule has 0 atom stereocenters. The number of piperidine rings is 1. The van der Waals surface area contributed by atoms with Crippen molar-refractivity contribution in [2.45, 2.75) is 41.1 Å². The molecule has 4 aromatic carbocycles. The van der Waals surface area contributed by atoms with Crippen LogP contribution in [0.1, 0.15) is 41.6 Å². The highest BCUT2D eigenvalue weighted by Crippen LogP contribution is 2.43. The van der Waals surface area contributed by atoms with Crippen LogP contribution >= 0.6 is 23.4 Å². The van der Waals surface area contributed by atoms with Gasteiger partial charge in [0.2, 0.25) is 0 Å². The van der Waals surface area contributed by atoms with E-state index >= 15 is 0 Å². The highest BCUT2D eigenvalue weighted by atomic mass is 35.5. The molecule has 0 aromatic heterocycles. The fourth-order valence-electron chi connectivity index (χ4n) is 5.02. The van der Waals surface area contributed by atoms with Crippen LogP contribution in [0.3, 0.4) is 0 Å². The SMILES string of the molecule is O=C(CCCN1CCC(O)(c2ccc(Cl)cc2)CC1)c1ccc(F)cc1.c1ccc2c(c1)Nc1ccccc1S2. The van der Waals surface area contributed by atoms with E-state index in [-0.39, 0.29) is 11.6 Å². The zero-order chi connectivity index (χ0) is 28.0. The van der Waals surface area contributed by atoms with Gasteiger partial charge in [-0.05, 0) is 92.0 Å². The van der Waals surface area contributed by atoms with Gasteiger partial charge in [0.05, 0.1) is 17.0 Å². The molecule has 206 valence electrons. The lowest BCUT2D eigenvalue weighted by atomic mass is 9.84. The molecule has 4 aromatic rings. The summed E-state index contributed by atoms with van der Waals surface area (Å²) in [6.07, 6.45) is 2.54. The van der Waals surface area contributed by atoms with E-state index in [1.165, 1.54) is 45.4 Å². The quantitative estimate of drug-likeness (QED) is 0.200. The maximum Gasteiger partial charge on any atom is 0.162 e. The van der Waals surface area contributed by atoms with E-state index in [1.54, 1.807) is 0 Å². The van der Waals surface area contributed by atoms with Crippen LogP contribution in [0.5, 0.6) is 0 Å². The first kappa shape index (κ1) is 28.4. The van der Waals surface area contributed by atoms with Gasteiger partial charge in [0.15, 0.2) is 5.78 Å². The van der Waals surface area contributed by atoms with E-state index in [2.05, 4.69) is 58.7 Å². The lowest BCUT2D eigenvalue weighted by Gasteiger charge is -2.38. The van der Waals surface area contributed by atoms with Crippen molar-refractivity contribution >= 4 is 40.5 Å². The van der Waals surface area contributed by atoms with Gasteiger partial charge in [-0.15, -0.1) is 0 Å². The molecule has 2 aliphatic heterocycles. The first-order valence-corrected chi connectivity index (χ1v) is 14.7. The third-order valence-corrected chi connectivity index (χ3v) is 8.78. The minimum absolute atomic E-state index is 0.0414. The van der Waals surface area contributed by atoms with Gasteiger partial charge in [-0.2, -0.15) is 0 Å². The Morgan fingerprint density at radius 1 is 0.875 bits per heavy atom. The number of fused-ring (bicyclic) bond motifs is 2. The number of halogens is 2. The molecule has 0 saturated carbocycles. The number of anilines is 2. The molecule has 7 heteroatoms. The molecule has 1 saturated heterocycles. The Bertz CT molecular complexity index is 1350. The average molecular weight is 575 g/mol. The molecule has 40 heavy (non-hydrogen) atoms. The number of rotatable bonds is 6. The average Bonchev–Trinajstić information content (AvgIpc) is 2.98. The molecule has 2 N–H and O–H groups in total. The summed E-state index contributed by atoms with van der Waals surface area (Å²) in [7, 11) is 0. The lowest BCUT2D eigenvalue weighted by molar-refractivity contribution is -0.0260. The van der Waals surface area contributed by atoms with Gasteiger partial charge in [0.25, 0.3) is 0 Å². The van der Waals surface area contributed by atoms with E-state index in [4.69, 9.17) is 11.6 Å². The third-order valence-electron chi connectivity index (χ3n) is 7.37. The van der Waals surface area contributed by atoms with Crippen molar-refractivity contribution in [2.24, 2.45) is 0 Å². The third kappa shape index (κ3) is 7.12. The van der Waals surface area contributed by atoms with Crippen molar-refractivity contribution in [3.8, 4) is 0 Å². The summed E-state index contributed by atoms with van der Waals surface area (Å²) in [6, 6.07) is 29.8. The van der Waals surface area contributed by atoms with Crippen molar-refractivity contribution in [3.63, 3.8) is 0 Å². The van der Waals surface area contributed by atoms with Gasteiger partial charge in [-0.1, -0.05) is 59.8 Å². The Hall–Kier alpha value is -3.16. The minimum atomic E-state index is -0.801. The summed E-state index contributed by atoms with van der Waals surface area (Å²) in [5.41, 5.74) is 3.08. The number of likely N-dealkylation sites (tertiary alicyclic amines) is 1. The van der Waals surface area contributed by atoms with Crippen LogP contribution in [0.4, 0.5) is 15.8 Å². The molecule has 0 aliphatic carbocycles. The summed E-state index contributed by atoms with van der Waals surface area (Å²) < 4.78 is 12.9. The van der Waals surface area contributed by atoms with Crippen LogP contribution in [0.2, 0.25) is 5.02 Å². The van der Waals surface area contributed by atoms with Crippen molar-refractivity contribution in [1.82, 2.24) is 4.90 Å². The second kappa shape index (κ2) is 13.0. The van der Waals surface area contributed by atoms with Crippen molar-refractivity contribution < 1.29 is 14.3 Å². The van der Waals surface area contributed by atoms with Crippen LogP contribution in [0, 0.1) is 5.82 Å². The Labute approximate surface area is 244 Å².